The van der Waals surface area contributed by atoms with Crippen LogP contribution in [-0.4, -0.2) is 18.0 Å². The molecule has 4 saturated carbocycles. The molecule has 4 aliphatic rings. The molecule has 0 amide bonds. The first kappa shape index (κ1) is 11.5. The van der Waals surface area contributed by atoms with Crippen LogP contribution in [0, 0.1) is 23.7 Å². The maximum atomic E-state index is 6.20. The third-order valence-corrected chi connectivity index (χ3v) is 5.54. The zero-order valence-electron chi connectivity index (χ0n) is 10.0. The van der Waals surface area contributed by atoms with Crippen LogP contribution < -0.4 is 0 Å². The molecule has 1 nitrogen and oxygen atoms in total. The predicted molar refractivity (Wildman–Crippen MR) is 69.8 cm³/mol. The normalized spacial score (nSPS) is 45.2. The summed E-state index contributed by atoms with van der Waals surface area (Å²) in [5.74, 6) is 4.01. The Balaban J connectivity index is 1.52. The van der Waals surface area contributed by atoms with Gasteiger partial charge in [0.15, 0.2) is 0 Å². The van der Waals surface area contributed by atoms with Crippen LogP contribution in [-0.2, 0) is 4.74 Å². The van der Waals surface area contributed by atoms with Gasteiger partial charge in [-0.25, -0.2) is 0 Å². The highest BCUT2D eigenvalue weighted by atomic mass is 79.9. The van der Waals surface area contributed by atoms with Crippen molar-refractivity contribution < 1.29 is 4.74 Å². The second kappa shape index (κ2) is 4.97. The summed E-state index contributed by atoms with van der Waals surface area (Å²) in [4.78, 5) is 0. The third kappa shape index (κ3) is 2.20. The van der Waals surface area contributed by atoms with Gasteiger partial charge in [0.05, 0.1) is 6.10 Å². The first-order chi connectivity index (χ1) is 7.86. The fraction of sp³-hybridized carbons (Fsp3) is 1.00. The molecule has 0 aliphatic heterocycles. The molecule has 4 bridgehead atoms. The van der Waals surface area contributed by atoms with Gasteiger partial charge in [0.25, 0.3) is 0 Å². The highest BCUT2D eigenvalue weighted by Gasteiger charge is 2.48. The number of hydrogen-bond acceptors (Lipinski definition) is 1. The molecule has 4 fully saturated rings. The van der Waals surface area contributed by atoms with Gasteiger partial charge < -0.3 is 4.74 Å². The largest absolute Gasteiger partial charge is 0.378 e. The predicted octanol–water partition coefficient (Wildman–Crippen LogP) is 4.00. The molecule has 2 heteroatoms. The zero-order valence-corrected chi connectivity index (χ0v) is 11.6. The quantitative estimate of drug-likeness (QED) is 0.548. The molecule has 0 unspecified atom stereocenters. The first-order valence-corrected chi connectivity index (χ1v) is 8.16. The lowest BCUT2D eigenvalue weighted by atomic mass is 9.55. The van der Waals surface area contributed by atoms with Crippen molar-refractivity contribution in [3.63, 3.8) is 0 Å². The first-order valence-electron chi connectivity index (χ1n) is 7.04. The molecule has 0 aromatic carbocycles. The molecule has 4 rings (SSSR count). The molecule has 92 valence electrons. The van der Waals surface area contributed by atoms with Crippen LogP contribution in [0.4, 0.5) is 0 Å². The van der Waals surface area contributed by atoms with Gasteiger partial charge in [-0.1, -0.05) is 15.9 Å². The molecule has 0 aromatic heterocycles. The Labute approximate surface area is 107 Å². The lowest BCUT2D eigenvalue weighted by molar-refractivity contribution is -0.126. The Kier molecular flexibility index (Phi) is 3.58. The number of unbranched alkanes of at least 4 members (excludes halogenated alkanes) is 1. The standard InChI is InChI=1S/C14H23BrO/c15-3-1-2-4-16-14-12-6-10-5-11(8-12)9-13(14)7-10/h10-14H,1-9H2. The van der Waals surface area contributed by atoms with E-state index in [0.29, 0.717) is 6.10 Å². The van der Waals surface area contributed by atoms with E-state index in [0.717, 1.165) is 35.6 Å². The third-order valence-electron chi connectivity index (χ3n) is 4.98. The molecular formula is C14H23BrO. The topological polar surface area (TPSA) is 9.23 Å². The van der Waals surface area contributed by atoms with Crippen LogP contribution >= 0.6 is 15.9 Å². The van der Waals surface area contributed by atoms with Crippen molar-refractivity contribution in [2.45, 2.75) is 51.0 Å². The van der Waals surface area contributed by atoms with Gasteiger partial charge in [-0.15, -0.1) is 0 Å². The molecule has 4 aliphatic carbocycles. The summed E-state index contributed by atoms with van der Waals surface area (Å²) in [6, 6.07) is 0. The lowest BCUT2D eigenvalue weighted by Gasteiger charge is -2.54. The number of alkyl halides is 1. The van der Waals surface area contributed by atoms with Crippen molar-refractivity contribution in [1.82, 2.24) is 0 Å². The summed E-state index contributed by atoms with van der Waals surface area (Å²) in [5, 5.41) is 1.12. The van der Waals surface area contributed by atoms with E-state index in [1.165, 1.54) is 38.5 Å². The minimum Gasteiger partial charge on any atom is -0.378 e. The van der Waals surface area contributed by atoms with E-state index in [4.69, 9.17) is 4.74 Å². The molecule has 0 heterocycles. The van der Waals surface area contributed by atoms with E-state index in [1.54, 1.807) is 6.42 Å². The van der Waals surface area contributed by atoms with E-state index >= 15 is 0 Å². The van der Waals surface area contributed by atoms with Gasteiger partial charge in [0, 0.05) is 11.9 Å². The van der Waals surface area contributed by atoms with Crippen LogP contribution in [0.15, 0.2) is 0 Å². The fourth-order valence-electron chi connectivity index (χ4n) is 4.56. The lowest BCUT2D eigenvalue weighted by Crippen LogP contribution is -2.49. The minimum absolute atomic E-state index is 0.642. The molecule has 0 saturated heterocycles. The van der Waals surface area contributed by atoms with Gasteiger partial charge in [-0.05, 0) is 68.6 Å². The number of hydrogen-bond donors (Lipinski definition) is 0. The summed E-state index contributed by atoms with van der Waals surface area (Å²) >= 11 is 3.48. The van der Waals surface area contributed by atoms with Gasteiger partial charge in [0.2, 0.25) is 0 Å². The Hall–Kier alpha value is 0.440. The highest BCUT2D eigenvalue weighted by molar-refractivity contribution is 9.09. The Morgan fingerprint density at radius 2 is 1.50 bits per heavy atom. The van der Waals surface area contributed by atoms with E-state index < -0.39 is 0 Å². The number of halogens is 1. The molecular weight excluding hydrogens is 264 g/mol. The van der Waals surface area contributed by atoms with Crippen molar-refractivity contribution in [2.24, 2.45) is 23.7 Å². The highest BCUT2D eigenvalue weighted by Crippen LogP contribution is 2.54. The van der Waals surface area contributed by atoms with Gasteiger partial charge >= 0.3 is 0 Å². The van der Waals surface area contributed by atoms with Gasteiger partial charge in [-0.2, -0.15) is 0 Å². The van der Waals surface area contributed by atoms with Crippen LogP contribution in [0.2, 0.25) is 0 Å². The van der Waals surface area contributed by atoms with E-state index in [1.807, 2.05) is 0 Å². The Morgan fingerprint density at radius 1 is 0.875 bits per heavy atom. The van der Waals surface area contributed by atoms with E-state index in [2.05, 4.69) is 15.9 Å². The zero-order chi connectivity index (χ0) is 11.0. The molecule has 0 aromatic rings. The molecule has 0 spiro atoms. The van der Waals surface area contributed by atoms with E-state index in [9.17, 15) is 0 Å². The smallest absolute Gasteiger partial charge is 0.0631 e. The average Bonchev–Trinajstić information content (AvgIpc) is 2.26. The number of rotatable bonds is 5. The fourth-order valence-corrected chi connectivity index (χ4v) is 4.96. The molecule has 0 atom stereocenters. The second-order valence-corrected chi connectivity index (χ2v) is 6.96. The summed E-state index contributed by atoms with van der Waals surface area (Å²) in [6.45, 7) is 0.999. The van der Waals surface area contributed by atoms with E-state index in [-0.39, 0.29) is 0 Å². The average molecular weight is 287 g/mol. The summed E-state index contributed by atoms with van der Waals surface area (Å²) in [5.41, 5.74) is 0. The van der Waals surface area contributed by atoms with Crippen LogP contribution in [0.5, 0.6) is 0 Å². The maximum Gasteiger partial charge on any atom is 0.0631 e. The molecule has 16 heavy (non-hydrogen) atoms. The van der Waals surface area contributed by atoms with Crippen molar-refractivity contribution in [2.75, 3.05) is 11.9 Å². The van der Waals surface area contributed by atoms with Crippen molar-refractivity contribution in [3.8, 4) is 0 Å². The van der Waals surface area contributed by atoms with Crippen LogP contribution in [0.25, 0.3) is 0 Å². The minimum atomic E-state index is 0.642. The summed E-state index contributed by atoms with van der Waals surface area (Å²) < 4.78 is 6.20. The number of ether oxygens (including phenoxy) is 1. The van der Waals surface area contributed by atoms with Crippen LogP contribution in [0.1, 0.15) is 44.9 Å². The second-order valence-electron chi connectivity index (χ2n) is 6.16. The maximum absolute atomic E-state index is 6.20. The monoisotopic (exact) mass is 286 g/mol. The Bertz CT molecular complexity index is 213. The summed E-state index contributed by atoms with van der Waals surface area (Å²) in [6.07, 6.45) is 10.6. The molecule has 0 radical (unpaired) electrons. The summed E-state index contributed by atoms with van der Waals surface area (Å²) in [7, 11) is 0. The van der Waals surface area contributed by atoms with Crippen LogP contribution in [0.3, 0.4) is 0 Å². The Morgan fingerprint density at radius 3 is 2.06 bits per heavy atom. The van der Waals surface area contributed by atoms with Crippen molar-refractivity contribution >= 4 is 15.9 Å². The van der Waals surface area contributed by atoms with Gasteiger partial charge in [-0.3, -0.25) is 0 Å². The molecule has 0 N–H and O–H groups in total. The van der Waals surface area contributed by atoms with Crippen molar-refractivity contribution in [3.05, 3.63) is 0 Å². The van der Waals surface area contributed by atoms with Crippen molar-refractivity contribution in [1.29, 1.82) is 0 Å². The van der Waals surface area contributed by atoms with Gasteiger partial charge in [0.1, 0.15) is 0 Å². The SMILES string of the molecule is BrCCCCOC1C2CC3CC(C2)CC1C3.